The van der Waals surface area contributed by atoms with E-state index < -0.39 is 0 Å². The molecule has 6 nitrogen and oxygen atoms in total. The molecule has 0 bridgehead atoms. The van der Waals surface area contributed by atoms with E-state index in [1.165, 1.54) is 6.20 Å². The van der Waals surface area contributed by atoms with Gasteiger partial charge in [-0.05, 0) is 31.0 Å². The lowest BCUT2D eigenvalue weighted by Crippen LogP contribution is -2.27. The summed E-state index contributed by atoms with van der Waals surface area (Å²) in [7, 11) is 0. The van der Waals surface area contributed by atoms with Gasteiger partial charge in [0.1, 0.15) is 11.5 Å². The highest BCUT2D eigenvalue weighted by molar-refractivity contribution is 5.92. The lowest BCUT2D eigenvalue weighted by molar-refractivity contribution is 0.0949. The van der Waals surface area contributed by atoms with Crippen LogP contribution < -0.4 is 10.6 Å². The van der Waals surface area contributed by atoms with E-state index in [1.54, 1.807) is 18.6 Å². The van der Waals surface area contributed by atoms with E-state index >= 15 is 0 Å². The molecule has 0 saturated carbocycles. The molecule has 6 heteroatoms. The summed E-state index contributed by atoms with van der Waals surface area (Å²) in [6.45, 7) is 3.25. The second kappa shape index (κ2) is 7.18. The van der Waals surface area contributed by atoms with Crippen LogP contribution in [-0.4, -0.2) is 33.9 Å². The maximum absolute atomic E-state index is 11.9. The normalized spacial score (nSPS) is 10.1. The van der Waals surface area contributed by atoms with E-state index in [0.717, 1.165) is 18.5 Å². The molecule has 0 atom stereocenters. The number of pyridine rings is 1. The largest absolute Gasteiger partial charge is 0.369 e. The minimum Gasteiger partial charge on any atom is -0.369 e. The summed E-state index contributed by atoms with van der Waals surface area (Å²) in [6.07, 6.45) is 7.29. The van der Waals surface area contributed by atoms with Gasteiger partial charge in [0.15, 0.2) is 0 Å². The van der Waals surface area contributed by atoms with Crippen molar-refractivity contribution in [3.8, 4) is 0 Å². The second-order valence-corrected chi connectivity index (χ2v) is 4.18. The van der Waals surface area contributed by atoms with Crippen molar-refractivity contribution in [2.45, 2.75) is 13.3 Å². The van der Waals surface area contributed by atoms with E-state index in [-0.39, 0.29) is 5.91 Å². The number of nitrogens with one attached hydrogen (secondary N) is 2. The Hall–Kier alpha value is -2.50. The van der Waals surface area contributed by atoms with Crippen molar-refractivity contribution in [2.24, 2.45) is 0 Å². The minimum atomic E-state index is -0.216. The fourth-order valence-electron chi connectivity index (χ4n) is 1.70. The zero-order valence-electron chi connectivity index (χ0n) is 11.3. The van der Waals surface area contributed by atoms with Crippen molar-refractivity contribution in [1.29, 1.82) is 0 Å². The van der Waals surface area contributed by atoms with Gasteiger partial charge in [0, 0.05) is 25.5 Å². The van der Waals surface area contributed by atoms with Gasteiger partial charge in [0.05, 0.1) is 12.4 Å². The smallest absolute Gasteiger partial charge is 0.271 e. The van der Waals surface area contributed by atoms with Crippen LogP contribution in [0.2, 0.25) is 0 Å². The average molecular weight is 271 g/mol. The molecule has 0 saturated heterocycles. The molecule has 104 valence electrons. The summed E-state index contributed by atoms with van der Waals surface area (Å²) >= 11 is 0. The van der Waals surface area contributed by atoms with Crippen LogP contribution in [0.15, 0.2) is 36.9 Å². The molecular weight excluding hydrogens is 254 g/mol. The van der Waals surface area contributed by atoms with Crippen LogP contribution in [0.25, 0.3) is 0 Å². The van der Waals surface area contributed by atoms with Crippen molar-refractivity contribution < 1.29 is 4.79 Å². The zero-order chi connectivity index (χ0) is 14.2. The summed E-state index contributed by atoms with van der Waals surface area (Å²) in [5.41, 5.74) is 1.45. The predicted octanol–water partition coefficient (Wildman–Crippen LogP) is 1.28. The van der Waals surface area contributed by atoms with E-state index in [0.29, 0.717) is 18.1 Å². The molecule has 2 aromatic heterocycles. The third-order valence-corrected chi connectivity index (χ3v) is 2.67. The Morgan fingerprint density at radius 3 is 2.75 bits per heavy atom. The van der Waals surface area contributed by atoms with Crippen LogP contribution in [0.3, 0.4) is 0 Å². The molecule has 0 fully saturated rings. The van der Waals surface area contributed by atoms with Gasteiger partial charge in [-0.3, -0.25) is 14.8 Å². The molecule has 0 spiro atoms. The molecule has 0 aliphatic carbocycles. The summed E-state index contributed by atoms with van der Waals surface area (Å²) in [4.78, 5) is 24.1. The van der Waals surface area contributed by atoms with Gasteiger partial charge < -0.3 is 10.6 Å². The molecule has 2 rings (SSSR count). The molecule has 0 aromatic carbocycles. The quantitative estimate of drug-likeness (QED) is 0.827. The molecular formula is C14H17N5O. The first-order valence-corrected chi connectivity index (χ1v) is 6.52. The van der Waals surface area contributed by atoms with Crippen LogP contribution >= 0.6 is 0 Å². The number of hydrogen-bond acceptors (Lipinski definition) is 5. The topological polar surface area (TPSA) is 79.8 Å². The molecule has 0 unspecified atom stereocenters. The van der Waals surface area contributed by atoms with Gasteiger partial charge in [0.2, 0.25) is 0 Å². The molecule has 0 radical (unpaired) electrons. The molecule has 2 aromatic rings. The van der Waals surface area contributed by atoms with Gasteiger partial charge in [-0.25, -0.2) is 4.98 Å². The van der Waals surface area contributed by atoms with E-state index in [2.05, 4.69) is 25.6 Å². The number of rotatable bonds is 6. The van der Waals surface area contributed by atoms with E-state index in [9.17, 15) is 4.79 Å². The molecule has 2 heterocycles. The highest BCUT2D eigenvalue weighted by Gasteiger charge is 2.07. The van der Waals surface area contributed by atoms with Gasteiger partial charge in [0.25, 0.3) is 5.91 Å². The number of anilines is 1. The van der Waals surface area contributed by atoms with Gasteiger partial charge in [-0.15, -0.1) is 0 Å². The SMILES string of the molecule is CCNc1cncc(C(=O)NCCc2ccncc2)n1. The van der Waals surface area contributed by atoms with Crippen LogP contribution in [0.1, 0.15) is 23.0 Å². The summed E-state index contributed by atoms with van der Waals surface area (Å²) in [6, 6.07) is 3.86. The number of carbonyl (C=O) groups excluding carboxylic acids is 1. The molecule has 1 amide bonds. The third kappa shape index (κ3) is 4.01. The fourth-order valence-corrected chi connectivity index (χ4v) is 1.70. The highest BCUT2D eigenvalue weighted by atomic mass is 16.1. The summed E-state index contributed by atoms with van der Waals surface area (Å²) in [5, 5.41) is 5.85. The molecule has 20 heavy (non-hydrogen) atoms. The average Bonchev–Trinajstić information content (AvgIpc) is 2.49. The van der Waals surface area contributed by atoms with Gasteiger partial charge >= 0.3 is 0 Å². The fraction of sp³-hybridized carbons (Fsp3) is 0.286. The van der Waals surface area contributed by atoms with Gasteiger partial charge in [-0.2, -0.15) is 0 Å². The standard InChI is InChI=1S/C14H17N5O/c1-2-17-13-10-16-9-12(19-13)14(20)18-8-5-11-3-6-15-7-4-11/h3-4,6-7,9-10H,2,5,8H2,1H3,(H,17,19)(H,18,20). The molecule has 0 aliphatic heterocycles. The van der Waals surface area contributed by atoms with Crippen LogP contribution in [0.5, 0.6) is 0 Å². The number of hydrogen-bond donors (Lipinski definition) is 2. The second-order valence-electron chi connectivity index (χ2n) is 4.18. The number of amides is 1. The Bertz CT molecular complexity index is 559. The molecule has 2 N–H and O–H groups in total. The highest BCUT2D eigenvalue weighted by Crippen LogP contribution is 2.02. The number of carbonyl (C=O) groups is 1. The first-order valence-electron chi connectivity index (χ1n) is 6.52. The Labute approximate surface area is 117 Å². The first-order chi connectivity index (χ1) is 9.79. The summed E-state index contributed by atoms with van der Waals surface area (Å²) < 4.78 is 0. The number of aromatic nitrogens is 3. The Balaban J connectivity index is 1.87. The third-order valence-electron chi connectivity index (χ3n) is 2.67. The van der Waals surface area contributed by atoms with Gasteiger partial charge in [-0.1, -0.05) is 0 Å². The maximum atomic E-state index is 11.9. The van der Waals surface area contributed by atoms with Crippen molar-refractivity contribution in [3.63, 3.8) is 0 Å². The van der Waals surface area contributed by atoms with Crippen molar-refractivity contribution >= 4 is 11.7 Å². The van der Waals surface area contributed by atoms with E-state index in [1.807, 2.05) is 19.1 Å². The monoisotopic (exact) mass is 271 g/mol. The minimum absolute atomic E-state index is 0.216. The predicted molar refractivity (Wildman–Crippen MR) is 76.5 cm³/mol. The lowest BCUT2D eigenvalue weighted by atomic mass is 10.2. The Morgan fingerprint density at radius 2 is 2.00 bits per heavy atom. The van der Waals surface area contributed by atoms with Crippen molar-refractivity contribution in [3.05, 3.63) is 48.2 Å². The van der Waals surface area contributed by atoms with Crippen molar-refractivity contribution in [2.75, 3.05) is 18.4 Å². The van der Waals surface area contributed by atoms with E-state index in [4.69, 9.17) is 0 Å². The Morgan fingerprint density at radius 1 is 1.20 bits per heavy atom. The van der Waals surface area contributed by atoms with Crippen LogP contribution in [0, 0.1) is 0 Å². The Kier molecular flexibility index (Phi) is 5.00. The summed E-state index contributed by atoms with van der Waals surface area (Å²) in [5.74, 6) is 0.389. The first kappa shape index (κ1) is 13.9. The van der Waals surface area contributed by atoms with Crippen molar-refractivity contribution in [1.82, 2.24) is 20.3 Å². The van der Waals surface area contributed by atoms with Crippen LogP contribution in [-0.2, 0) is 6.42 Å². The van der Waals surface area contributed by atoms with Crippen LogP contribution in [0.4, 0.5) is 5.82 Å². The number of nitrogens with zero attached hydrogens (tertiary/aromatic N) is 3. The molecule has 0 aliphatic rings. The maximum Gasteiger partial charge on any atom is 0.271 e. The lowest BCUT2D eigenvalue weighted by Gasteiger charge is -2.06. The zero-order valence-corrected chi connectivity index (χ0v) is 11.3.